The number of para-hydroxylation sites is 2. The molecule has 1 aliphatic carbocycles. The SMILES string of the molecule is CC1(C)c2ccccc2-c2cc3c4ccccc4n(-c4nc(-c5ccc6c(c5)oc5c(-c7ccccc7)cccc56)nc(-c5cccc6sc7ccccc7c56)n4)c3cc21. The van der Waals surface area contributed by atoms with Crippen LogP contribution in [0.25, 0.3) is 115 Å². The van der Waals surface area contributed by atoms with Crippen LogP contribution in [-0.4, -0.2) is 19.5 Å². The van der Waals surface area contributed by atoms with Crippen LogP contribution in [0.15, 0.2) is 174 Å². The number of fused-ring (bicyclic) bond motifs is 12. The fourth-order valence-corrected chi connectivity index (χ4v) is 11.0. The maximum atomic E-state index is 6.74. The van der Waals surface area contributed by atoms with Gasteiger partial charge in [0, 0.05) is 63.8 Å². The molecule has 0 atom stereocenters. The summed E-state index contributed by atoms with van der Waals surface area (Å²) >= 11 is 1.80. The smallest absolute Gasteiger partial charge is 0.238 e. The molecule has 0 radical (unpaired) electrons. The van der Waals surface area contributed by atoms with Crippen molar-refractivity contribution < 1.29 is 4.42 Å². The lowest BCUT2D eigenvalue weighted by Gasteiger charge is -2.21. The summed E-state index contributed by atoms with van der Waals surface area (Å²) in [4.78, 5) is 16.2. The molecular formula is C54H34N4OS. The molecular weight excluding hydrogens is 753 g/mol. The average molecular weight is 787 g/mol. The van der Waals surface area contributed by atoms with Gasteiger partial charge in [0.15, 0.2) is 11.6 Å². The standard InChI is InChI=1S/C54H34N4OS/c1-54(2)42-22-9-6-16-34(42)40-29-41-35-17-7-10-23-44(35)58(45(41)30-43(40)54)53-56-51(55-52(57-53)39-21-13-25-48-49(39)38-18-8-11-24-47(38)60-48)32-26-27-36-37-20-12-19-33(31-14-4-3-5-15-31)50(37)59-46(36)28-32/h3-30H,1-2H3. The molecule has 13 rings (SSSR count). The molecule has 4 aromatic heterocycles. The predicted molar refractivity (Wildman–Crippen MR) is 248 cm³/mol. The molecule has 0 spiro atoms. The van der Waals surface area contributed by atoms with Gasteiger partial charge in [-0.15, -0.1) is 11.3 Å². The van der Waals surface area contributed by atoms with Crippen molar-refractivity contribution in [3.63, 3.8) is 0 Å². The first kappa shape index (κ1) is 33.6. The van der Waals surface area contributed by atoms with Crippen LogP contribution in [0, 0.1) is 0 Å². The van der Waals surface area contributed by atoms with E-state index in [9.17, 15) is 0 Å². The summed E-state index contributed by atoms with van der Waals surface area (Å²) in [6.45, 7) is 4.66. The Hall–Kier alpha value is -7.41. The van der Waals surface area contributed by atoms with Crippen LogP contribution in [0.2, 0.25) is 0 Å². The Kier molecular flexibility index (Phi) is 6.88. The molecule has 0 fully saturated rings. The molecule has 0 N–H and O–H groups in total. The van der Waals surface area contributed by atoms with Crippen molar-refractivity contribution in [3.8, 4) is 51.0 Å². The Morgan fingerprint density at radius 2 is 1.18 bits per heavy atom. The molecule has 1 aliphatic rings. The minimum atomic E-state index is -0.172. The van der Waals surface area contributed by atoms with Gasteiger partial charge in [0.05, 0.1) is 11.0 Å². The Bertz CT molecular complexity index is 3760. The highest BCUT2D eigenvalue weighted by Gasteiger charge is 2.36. The molecule has 5 nitrogen and oxygen atoms in total. The number of nitrogens with zero attached hydrogens (tertiary/aromatic N) is 4. The Morgan fingerprint density at radius 1 is 0.467 bits per heavy atom. The van der Waals surface area contributed by atoms with Crippen LogP contribution in [0.1, 0.15) is 25.0 Å². The zero-order valence-corrected chi connectivity index (χ0v) is 33.6. The predicted octanol–water partition coefficient (Wildman–Crippen LogP) is 14.5. The Balaban J connectivity index is 1.09. The molecule has 0 unspecified atom stereocenters. The molecule has 12 aromatic rings. The van der Waals surface area contributed by atoms with E-state index in [0.29, 0.717) is 17.6 Å². The van der Waals surface area contributed by atoms with Crippen molar-refractivity contribution in [1.29, 1.82) is 0 Å². The topological polar surface area (TPSA) is 56.7 Å². The molecule has 0 saturated heterocycles. The third kappa shape index (κ3) is 4.71. The van der Waals surface area contributed by atoms with Crippen LogP contribution < -0.4 is 0 Å². The number of rotatable bonds is 4. The van der Waals surface area contributed by atoms with E-state index >= 15 is 0 Å². The normalized spacial score (nSPS) is 13.3. The second-order valence-electron chi connectivity index (χ2n) is 16.4. The van der Waals surface area contributed by atoms with E-state index < -0.39 is 0 Å². The summed E-state index contributed by atoms with van der Waals surface area (Å²) in [5.74, 6) is 1.78. The monoisotopic (exact) mass is 786 g/mol. The second kappa shape index (κ2) is 12.3. The van der Waals surface area contributed by atoms with E-state index in [0.717, 1.165) is 66.0 Å². The lowest BCUT2D eigenvalue weighted by atomic mass is 9.82. The number of furan rings is 1. The Morgan fingerprint density at radius 3 is 2.10 bits per heavy atom. The van der Waals surface area contributed by atoms with Gasteiger partial charge in [0.1, 0.15) is 11.2 Å². The third-order valence-corrected chi connectivity index (χ3v) is 13.8. The van der Waals surface area contributed by atoms with Crippen LogP contribution in [0.5, 0.6) is 0 Å². The summed E-state index contributed by atoms with van der Waals surface area (Å²) in [7, 11) is 0. The molecule has 0 amide bonds. The molecule has 4 heterocycles. The van der Waals surface area contributed by atoms with Gasteiger partial charge in [-0.1, -0.05) is 141 Å². The van der Waals surface area contributed by atoms with Crippen LogP contribution in [0.4, 0.5) is 0 Å². The van der Waals surface area contributed by atoms with Gasteiger partial charge in [-0.2, -0.15) is 9.97 Å². The van der Waals surface area contributed by atoms with Gasteiger partial charge in [-0.3, -0.25) is 4.57 Å². The zero-order valence-electron chi connectivity index (χ0n) is 32.8. The van der Waals surface area contributed by atoms with Crippen molar-refractivity contribution >= 4 is 75.3 Å². The summed E-state index contributed by atoms with van der Waals surface area (Å²) in [6.07, 6.45) is 0. The lowest BCUT2D eigenvalue weighted by Crippen LogP contribution is -2.15. The van der Waals surface area contributed by atoms with Gasteiger partial charge < -0.3 is 4.42 Å². The molecule has 0 saturated carbocycles. The average Bonchev–Trinajstić information content (AvgIpc) is 4.02. The molecule has 6 heteroatoms. The summed E-state index contributed by atoms with van der Waals surface area (Å²) in [5, 5.41) is 6.81. The van der Waals surface area contributed by atoms with Crippen molar-refractivity contribution in [2.24, 2.45) is 0 Å². The minimum absolute atomic E-state index is 0.172. The van der Waals surface area contributed by atoms with E-state index in [1.165, 1.54) is 42.4 Å². The number of hydrogen-bond acceptors (Lipinski definition) is 5. The van der Waals surface area contributed by atoms with Crippen LogP contribution >= 0.6 is 11.3 Å². The first-order valence-electron chi connectivity index (χ1n) is 20.4. The molecule has 0 bridgehead atoms. The van der Waals surface area contributed by atoms with E-state index in [1.807, 2.05) is 6.07 Å². The Labute approximate surface area is 348 Å². The zero-order chi connectivity index (χ0) is 39.7. The van der Waals surface area contributed by atoms with Gasteiger partial charge >= 0.3 is 0 Å². The van der Waals surface area contributed by atoms with E-state index in [4.69, 9.17) is 19.4 Å². The third-order valence-electron chi connectivity index (χ3n) is 12.7. The summed E-state index contributed by atoms with van der Waals surface area (Å²) in [6, 6.07) is 60.4. The minimum Gasteiger partial charge on any atom is -0.455 e. The van der Waals surface area contributed by atoms with Crippen molar-refractivity contribution in [3.05, 3.63) is 181 Å². The van der Waals surface area contributed by atoms with Crippen molar-refractivity contribution in [2.45, 2.75) is 19.3 Å². The molecule has 60 heavy (non-hydrogen) atoms. The highest BCUT2D eigenvalue weighted by Crippen LogP contribution is 2.51. The fourth-order valence-electron chi connectivity index (χ4n) is 9.84. The molecule has 8 aromatic carbocycles. The van der Waals surface area contributed by atoms with Gasteiger partial charge in [-0.05, 0) is 70.3 Å². The van der Waals surface area contributed by atoms with Crippen molar-refractivity contribution in [2.75, 3.05) is 0 Å². The molecule has 0 aliphatic heterocycles. The number of benzene rings is 8. The summed E-state index contributed by atoms with van der Waals surface area (Å²) < 4.78 is 11.4. The fraction of sp³-hybridized carbons (Fsp3) is 0.0556. The number of hydrogen-bond donors (Lipinski definition) is 0. The van der Waals surface area contributed by atoms with E-state index in [1.54, 1.807) is 11.3 Å². The van der Waals surface area contributed by atoms with Crippen LogP contribution in [-0.2, 0) is 5.41 Å². The quantitative estimate of drug-likeness (QED) is 0.178. The first-order chi connectivity index (χ1) is 29.5. The number of aromatic nitrogens is 4. The first-order valence-corrected chi connectivity index (χ1v) is 21.2. The maximum Gasteiger partial charge on any atom is 0.238 e. The second-order valence-corrected chi connectivity index (χ2v) is 17.4. The van der Waals surface area contributed by atoms with Gasteiger partial charge in [0.25, 0.3) is 0 Å². The van der Waals surface area contributed by atoms with Crippen LogP contribution in [0.3, 0.4) is 0 Å². The molecule has 282 valence electrons. The van der Waals surface area contributed by atoms with Gasteiger partial charge in [0.2, 0.25) is 5.95 Å². The van der Waals surface area contributed by atoms with Crippen molar-refractivity contribution in [1.82, 2.24) is 19.5 Å². The van der Waals surface area contributed by atoms with E-state index in [2.05, 4.69) is 182 Å². The van der Waals surface area contributed by atoms with E-state index in [-0.39, 0.29) is 5.41 Å². The maximum absolute atomic E-state index is 6.74. The highest BCUT2D eigenvalue weighted by atomic mass is 32.1. The largest absolute Gasteiger partial charge is 0.455 e. The highest BCUT2D eigenvalue weighted by molar-refractivity contribution is 7.25. The summed E-state index contributed by atoms with van der Waals surface area (Å²) in [5.41, 5.74) is 12.8. The lowest BCUT2D eigenvalue weighted by molar-refractivity contribution is 0.661. The number of thiophene rings is 1. The van der Waals surface area contributed by atoms with Gasteiger partial charge in [-0.25, -0.2) is 4.98 Å².